The van der Waals surface area contributed by atoms with Gasteiger partial charge in [0.25, 0.3) is 0 Å². The van der Waals surface area contributed by atoms with Crippen LogP contribution in [0.3, 0.4) is 0 Å². The van der Waals surface area contributed by atoms with E-state index in [4.69, 9.17) is 10.8 Å². The molecule has 0 saturated heterocycles. The summed E-state index contributed by atoms with van der Waals surface area (Å²) in [7, 11) is 0. The smallest absolute Gasteiger partial charge is 0.163 e. The fraction of sp³-hybridized carbons (Fsp3) is 0. The highest BCUT2D eigenvalue weighted by atomic mass is 15.3. The van der Waals surface area contributed by atoms with Crippen molar-refractivity contribution < 1.29 is 0 Å². The molecule has 4 nitrogen and oxygen atoms in total. The summed E-state index contributed by atoms with van der Waals surface area (Å²) in [4.78, 5) is 4.50. The van der Waals surface area contributed by atoms with Crippen LogP contribution >= 0.6 is 0 Å². The zero-order valence-corrected chi connectivity index (χ0v) is 11.8. The largest absolute Gasteiger partial charge is 0.399 e. The van der Waals surface area contributed by atoms with Crippen LogP contribution in [0.2, 0.25) is 0 Å². The summed E-state index contributed by atoms with van der Waals surface area (Å²) in [5.41, 5.74) is 10.3. The summed E-state index contributed by atoms with van der Waals surface area (Å²) in [6.07, 6.45) is 1.78. The van der Waals surface area contributed by atoms with E-state index in [0.717, 1.165) is 33.7 Å². The number of nitrogens with two attached hydrogens (primary N) is 1. The zero-order valence-electron chi connectivity index (χ0n) is 11.8. The molecule has 0 aliphatic carbocycles. The van der Waals surface area contributed by atoms with Crippen LogP contribution in [-0.4, -0.2) is 14.8 Å². The Balaban J connectivity index is 1.99. The Labute approximate surface area is 127 Å². The summed E-state index contributed by atoms with van der Waals surface area (Å²) >= 11 is 0. The monoisotopic (exact) mass is 286 g/mol. The molecule has 0 spiro atoms. The van der Waals surface area contributed by atoms with E-state index in [1.165, 1.54) is 0 Å². The Morgan fingerprint density at radius 2 is 1.59 bits per heavy atom. The number of hydrogen-bond donors (Lipinski definition) is 1. The van der Waals surface area contributed by atoms with E-state index in [0.29, 0.717) is 0 Å². The summed E-state index contributed by atoms with van der Waals surface area (Å²) in [6, 6.07) is 21.8. The lowest BCUT2D eigenvalue weighted by atomic mass is 10.1. The van der Waals surface area contributed by atoms with Crippen molar-refractivity contribution in [3.8, 4) is 16.9 Å². The molecule has 0 fully saturated rings. The van der Waals surface area contributed by atoms with Gasteiger partial charge in [0.05, 0.1) is 5.69 Å². The first-order valence-corrected chi connectivity index (χ1v) is 7.08. The minimum absolute atomic E-state index is 0.733. The van der Waals surface area contributed by atoms with Gasteiger partial charge in [0.2, 0.25) is 0 Å². The predicted octanol–water partition coefficient (Wildman–Crippen LogP) is 3.67. The zero-order chi connectivity index (χ0) is 14.9. The van der Waals surface area contributed by atoms with Crippen LogP contribution in [0.1, 0.15) is 0 Å². The van der Waals surface area contributed by atoms with Crippen LogP contribution in [0, 0.1) is 0 Å². The van der Waals surface area contributed by atoms with Crippen molar-refractivity contribution in [2.45, 2.75) is 0 Å². The summed E-state index contributed by atoms with van der Waals surface area (Å²) in [5, 5.41) is 5.81. The molecule has 0 aliphatic heterocycles. The number of hydrogen-bond acceptors (Lipinski definition) is 3. The van der Waals surface area contributed by atoms with E-state index in [-0.39, 0.29) is 0 Å². The van der Waals surface area contributed by atoms with E-state index >= 15 is 0 Å². The number of nitrogens with zero attached hydrogens (tertiary/aromatic N) is 3. The Hall–Kier alpha value is -3.14. The number of aromatic nitrogens is 3. The average Bonchev–Trinajstić information content (AvgIpc) is 2.96. The SMILES string of the molecule is Nc1ccc(-n2nc(-c3ccccc3)c3cccnc32)cc1. The van der Waals surface area contributed by atoms with Crippen LogP contribution < -0.4 is 5.73 Å². The molecule has 2 aromatic heterocycles. The van der Waals surface area contributed by atoms with E-state index in [9.17, 15) is 0 Å². The lowest BCUT2D eigenvalue weighted by molar-refractivity contribution is 0.901. The Morgan fingerprint density at radius 3 is 2.36 bits per heavy atom. The van der Waals surface area contributed by atoms with Crippen LogP contribution in [-0.2, 0) is 0 Å². The molecule has 0 aliphatic rings. The van der Waals surface area contributed by atoms with Gasteiger partial charge >= 0.3 is 0 Å². The molecule has 0 radical (unpaired) electrons. The van der Waals surface area contributed by atoms with Gasteiger partial charge in [-0.1, -0.05) is 30.3 Å². The van der Waals surface area contributed by atoms with E-state index in [1.54, 1.807) is 6.20 Å². The summed E-state index contributed by atoms with van der Waals surface area (Å²) < 4.78 is 1.86. The molecule has 2 heterocycles. The average molecular weight is 286 g/mol. The van der Waals surface area contributed by atoms with Crippen molar-refractivity contribution in [1.29, 1.82) is 0 Å². The first-order valence-electron chi connectivity index (χ1n) is 7.08. The molecular weight excluding hydrogens is 272 g/mol. The fourth-order valence-corrected chi connectivity index (χ4v) is 2.56. The quantitative estimate of drug-likeness (QED) is 0.572. The number of rotatable bonds is 2. The van der Waals surface area contributed by atoms with Crippen molar-refractivity contribution in [1.82, 2.24) is 14.8 Å². The van der Waals surface area contributed by atoms with Crippen LogP contribution in [0.4, 0.5) is 5.69 Å². The van der Waals surface area contributed by atoms with Crippen molar-refractivity contribution in [2.24, 2.45) is 0 Å². The maximum atomic E-state index is 5.77. The summed E-state index contributed by atoms with van der Waals surface area (Å²) in [5.74, 6) is 0. The van der Waals surface area contributed by atoms with Crippen molar-refractivity contribution in [3.05, 3.63) is 72.9 Å². The third-order valence-electron chi connectivity index (χ3n) is 3.63. The summed E-state index contributed by atoms with van der Waals surface area (Å²) in [6.45, 7) is 0. The Morgan fingerprint density at radius 1 is 0.818 bits per heavy atom. The second-order valence-corrected chi connectivity index (χ2v) is 5.09. The molecule has 0 saturated carbocycles. The van der Waals surface area contributed by atoms with Crippen molar-refractivity contribution >= 4 is 16.7 Å². The third-order valence-corrected chi connectivity index (χ3v) is 3.63. The Kier molecular flexibility index (Phi) is 2.86. The van der Waals surface area contributed by atoms with Crippen LogP contribution in [0.15, 0.2) is 72.9 Å². The highest BCUT2D eigenvalue weighted by Crippen LogP contribution is 2.28. The van der Waals surface area contributed by atoms with Gasteiger partial charge < -0.3 is 5.73 Å². The standard InChI is InChI=1S/C18H14N4/c19-14-8-10-15(11-9-14)22-18-16(7-4-12-20-18)17(21-22)13-5-2-1-3-6-13/h1-12H,19H2. The maximum absolute atomic E-state index is 5.77. The fourth-order valence-electron chi connectivity index (χ4n) is 2.56. The van der Waals surface area contributed by atoms with Gasteiger partial charge in [-0.25, -0.2) is 9.67 Å². The van der Waals surface area contributed by atoms with Crippen LogP contribution in [0.5, 0.6) is 0 Å². The number of fused-ring (bicyclic) bond motifs is 1. The van der Waals surface area contributed by atoms with Crippen molar-refractivity contribution in [3.63, 3.8) is 0 Å². The molecule has 4 rings (SSSR count). The van der Waals surface area contributed by atoms with Gasteiger partial charge in [-0.05, 0) is 36.4 Å². The second-order valence-electron chi connectivity index (χ2n) is 5.09. The minimum atomic E-state index is 0.733. The Bertz CT molecular complexity index is 924. The van der Waals surface area contributed by atoms with Gasteiger partial charge in [0.15, 0.2) is 5.65 Å². The van der Waals surface area contributed by atoms with E-state index in [2.05, 4.69) is 17.1 Å². The van der Waals surface area contributed by atoms with Crippen molar-refractivity contribution in [2.75, 3.05) is 5.73 Å². The lowest BCUT2D eigenvalue weighted by Gasteiger charge is -2.02. The number of pyridine rings is 1. The van der Waals surface area contributed by atoms with Gasteiger partial charge in [-0.3, -0.25) is 0 Å². The molecule has 106 valence electrons. The first-order chi connectivity index (χ1) is 10.8. The predicted molar refractivity (Wildman–Crippen MR) is 88.7 cm³/mol. The van der Waals surface area contributed by atoms with Gasteiger partial charge in [0.1, 0.15) is 5.69 Å². The molecule has 2 N–H and O–H groups in total. The molecule has 0 bridgehead atoms. The van der Waals surface area contributed by atoms with Gasteiger partial charge in [-0.15, -0.1) is 0 Å². The molecular formula is C18H14N4. The molecule has 4 aromatic rings. The van der Waals surface area contributed by atoms with Gasteiger partial charge in [0, 0.05) is 22.8 Å². The highest BCUT2D eigenvalue weighted by molar-refractivity contribution is 5.91. The topological polar surface area (TPSA) is 56.7 Å². The highest BCUT2D eigenvalue weighted by Gasteiger charge is 2.13. The van der Waals surface area contributed by atoms with Gasteiger partial charge in [-0.2, -0.15) is 5.10 Å². The molecule has 0 amide bonds. The molecule has 2 aromatic carbocycles. The number of nitrogen functional groups attached to an aromatic ring is 1. The van der Waals surface area contributed by atoms with E-state index < -0.39 is 0 Å². The molecule has 4 heteroatoms. The first kappa shape index (κ1) is 12.6. The molecule has 22 heavy (non-hydrogen) atoms. The number of benzene rings is 2. The van der Waals surface area contributed by atoms with E-state index in [1.807, 2.05) is 59.3 Å². The van der Waals surface area contributed by atoms with Crippen LogP contribution in [0.25, 0.3) is 28.0 Å². The number of anilines is 1. The lowest BCUT2D eigenvalue weighted by Crippen LogP contribution is -1.98. The minimum Gasteiger partial charge on any atom is -0.399 e. The third kappa shape index (κ3) is 2.02. The maximum Gasteiger partial charge on any atom is 0.163 e. The molecule has 0 unspecified atom stereocenters. The normalized spacial score (nSPS) is 10.9. The second kappa shape index (κ2) is 5.00. The molecule has 0 atom stereocenters.